The van der Waals surface area contributed by atoms with E-state index < -0.39 is 11.8 Å². The molecule has 2 rings (SSSR count). The summed E-state index contributed by atoms with van der Waals surface area (Å²) in [5.41, 5.74) is 0.623. The smallest absolute Gasteiger partial charge is 0.313 e. The van der Waals surface area contributed by atoms with E-state index in [1.165, 1.54) is 0 Å². The Bertz CT molecular complexity index is 494. The number of carbonyl (C=O) groups excluding carboxylic acids is 2. The van der Waals surface area contributed by atoms with Gasteiger partial charge < -0.3 is 15.0 Å². The van der Waals surface area contributed by atoms with E-state index in [9.17, 15) is 9.59 Å². The predicted molar refractivity (Wildman–Crippen MR) is 84.4 cm³/mol. The molecular weight excluding hydrogens is 371 g/mol. The second-order valence-electron chi connectivity index (χ2n) is 4.93. The standard InChI is InChI=1S/C14H17IN2O3/c1-9-7-17(8-10(2)20-9)14(19)13(18)16-12-5-3-11(15)4-6-12/h3-6,9-10H,7-8H2,1-2H3,(H,16,18). The first-order valence-corrected chi connectivity index (χ1v) is 7.55. The number of amides is 2. The van der Waals surface area contributed by atoms with Gasteiger partial charge in [-0.15, -0.1) is 0 Å². The first-order valence-electron chi connectivity index (χ1n) is 6.47. The average Bonchev–Trinajstić information content (AvgIpc) is 2.39. The normalized spacial score (nSPS) is 22.4. The van der Waals surface area contributed by atoms with Gasteiger partial charge in [-0.2, -0.15) is 0 Å². The minimum absolute atomic E-state index is 0.0474. The zero-order valence-electron chi connectivity index (χ0n) is 11.4. The van der Waals surface area contributed by atoms with Crippen molar-refractivity contribution in [2.24, 2.45) is 0 Å². The summed E-state index contributed by atoms with van der Waals surface area (Å²) in [6, 6.07) is 7.30. The van der Waals surface area contributed by atoms with Gasteiger partial charge in [-0.25, -0.2) is 0 Å². The molecule has 20 heavy (non-hydrogen) atoms. The van der Waals surface area contributed by atoms with Gasteiger partial charge in [-0.1, -0.05) is 0 Å². The molecule has 6 heteroatoms. The molecule has 1 fully saturated rings. The van der Waals surface area contributed by atoms with Crippen LogP contribution >= 0.6 is 22.6 Å². The maximum atomic E-state index is 12.1. The molecule has 1 heterocycles. The Kier molecular flexibility index (Phi) is 4.98. The lowest BCUT2D eigenvalue weighted by atomic mass is 10.2. The summed E-state index contributed by atoms with van der Waals surface area (Å²) in [5, 5.41) is 2.62. The highest BCUT2D eigenvalue weighted by atomic mass is 127. The summed E-state index contributed by atoms with van der Waals surface area (Å²) in [5.74, 6) is -1.11. The van der Waals surface area contributed by atoms with E-state index in [-0.39, 0.29) is 12.2 Å². The molecule has 0 spiro atoms. The fourth-order valence-electron chi connectivity index (χ4n) is 2.21. The lowest BCUT2D eigenvalue weighted by molar-refractivity contribution is -0.151. The highest BCUT2D eigenvalue weighted by Crippen LogP contribution is 2.13. The van der Waals surface area contributed by atoms with Gasteiger partial charge in [0.15, 0.2) is 0 Å². The SMILES string of the molecule is CC1CN(C(=O)C(=O)Nc2ccc(I)cc2)CC(C)O1. The first-order chi connectivity index (χ1) is 9.45. The molecule has 2 amide bonds. The molecule has 108 valence electrons. The fraction of sp³-hybridized carbons (Fsp3) is 0.429. The van der Waals surface area contributed by atoms with Gasteiger partial charge in [0, 0.05) is 22.3 Å². The van der Waals surface area contributed by atoms with Crippen molar-refractivity contribution in [1.29, 1.82) is 0 Å². The van der Waals surface area contributed by atoms with Gasteiger partial charge in [0.2, 0.25) is 0 Å². The molecule has 1 aliphatic heterocycles. The third-order valence-electron chi connectivity index (χ3n) is 3.00. The van der Waals surface area contributed by atoms with Crippen molar-refractivity contribution in [3.05, 3.63) is 27.8 Å². The van der Waals surface area contributed by atoms with E-state index in [0.717, 1.165) is 3.57 Å². The molecule has 5 nitrogen and oxygen atoms in total. The molecule has 1 aliphatic rings. The molecule has 0 saturated carbocycles. The minimum Gasteiger partial charge on any atom is -0.372 e. The van der Waals surface area contributed by atoms with Crippen LogP contribution in [0.3, 0.4) is 0 Å². The van der Waals surface area contributed by atoms with E-state index in [1.54, 1.807) is 17.0 Å². The van der Waals surface area contributed by atoms with Crippen LogP contribution in [0.15, 0.2) is 24.3 Å². The minimum atomic E-state index is -0.604. The first kappa shape index (κ1) is 15.2. The Morgan fingerprint density at radius 3 is 2.30 bits per heavy atom. The Balaban J connectivity index is 1.98. The van der Waals surface area contributed by atoms with E-state index in [2.05, 4.69) is 27.9 Å². The van der Waals surface area contributed by atoms with E-state index in [1.807, 2.05) is 26.0 Å². The quantitative estimate of drug-likeness (QED) is 0.591. The molecule has 1 aromatic rings. The molecule has 1 saturated heterocycles. The van der Waals surface area contributed by atoms with Crippen molar-refractivity contribution < 1.29 is 14.3 Å². The van der Waals surface area contributed by atoms with Crippen LogP contribution in [0.2, 0.25) is 0 Å². The van der Waals surface area contributed by atoms with Gasteiger partial charge >= 0.3 is 11.8 Å². The van der Waals surface area contributed by atoms with Crippen LogP contribution in [0.4, 0.5) is 5.69 Å². The molecule has 0 bridgehead atoms. The number of rotatable bonds is 1. The number of hydrogen-bond donors (Lipinski definition) is 1. The van der Waals surface area contributed by atoms with Gasteiger partial charge in [0.05, 0.1) is 12.2 Å². The largest absolute Gasteiger partial charge is 0.372 e. The number of halogens is 1. The Hall–Kier alpha value is -1.15. The number of ether oxygens (including phenoxy) is 1. The van der Waals surface area contributed by atoms with Gasteiger partial charge in [-0.3, -0.25) is 9.59 Å². The Morgan fingerprint density at radius 2 is 1.75 bits per heavy atom. The van der Waals surface area contributed by atoms with E-state index >= 15 is 0 Å². The second kappa shape index (κ2) is 6.53. The van der Waals surface area contributed by atoms with Crippen LogP contribution in [0.25, 0.3) is 0 Å². The number of hydrogen-bond acceptors (Lipinski definition) is 3. The molecular formula is C14H17IN2O3. The summed E-state index contributed by atoms with van der Waals surface area (Å²) in [6.45, 7) is 4.69. The summed E-state index contributed by atoms with van der Waals surface area (Å²) in [7, 11) is 0. The maximum absolute atomic E-state index is 12.1. The summed E-state index contributed by atoms with van der Waals surface area (Å²) in [4.78, 5) is 25.6. The molecule has 2 unspecified atom stereocenters. The number of anilines is 1. The van der Waals surface area contributed by atoms with Gasteiger partial charge in [0.1, 0.15) is 0 Å². The summed E-state index contributed by atoms with van der Waals surface area (Å²) >= 11 is 2.18. The van der Waals surface area contributed by atoms with Crippen LogP contribution in [-0.4, -0.2) is 42.0 Å². The molecule has 1 aromatic carbocycles. The van der Waals surface area contributed by atoms with Gasteiger partial charge in [-0.05, 0) is 60.7 Å². The van der Waals surface area contributed by atoms with Crippen LogP contribution in [0.5, 0.6) is 0 Å². The van der Waals surface area contributed by atoms with Crippen molar-refractivity contribution in [3.63, 3.8) is 0 Å². The zero-order valence-corrected chi connectivity index (χ0v) is 13.6. The third kappa shape index (κ3) is 3.92. The number of carbonyl (C=O) groups is 2. The van der Waals surface area contributed by atoms with Crippen LogP contribution in [-0.2, 0) is 14.3 Å². The van der Waals surface area contributed by atoms with Crippen LogP contribution in [0.1, 0.15) is 13.8 Å². The number of nitrogens with zero attached hydrogens (tertiary/aromatic N) is 1. The maximum Gasteiger partial charge on any atom is 0.313 e. The fourth-order valence-corrected chi connectivity index (χ4v) is 2.56. The van der Waals surface area contributed by atoms with Gasteiger partial charge in [0.25, 0.3) is 0 Å². The molecule has 0 aromatic heterocycles. The lowest BCUT2D eigenvalue weighted by Gasteiger charge is -2.34. The monoisotopic (exact) mass is 388 g/mol. The number of morpholine rings is 1. The highest BCUT2D eigenvalue weighted by molar-refractivity contribution is 14.1. The van der Waals surface area contributed by atoms with Crippen LogP contribution in [0, 0.1) is 3.57 Å². The molecule has 0 radical (unpaired) electrons. The second-order valence-corrected chi connectivity index (χ2v) is 6.17. The Labute approximate surface area is 131 Å². The highest BCUT2D eigenvalue weighted by Gasteiger charge is 2.29. The zero-order chi connectivity index (χ0) is 14.7. The van der Waals surface area contributed by atoms with Crippen LogP contribution < -0.4 is 5.32 Å². The number of benzene rings is 1. The molecule has 2 atom stereocenters. The number of nitrogens with one attached hydrogen (secondary N) is 1. The van der Waals surface area contributed by atoms with Crippen molar-refractivity contribution in [2.45, 2.75) is 26.1 Å². The van der Waals surface area contributed by atoms with Crippen molar-refractivity contribution in [1.82, 2.24) is 4.90 Å². The Morgan fingerprint density at radius 1 is 1.20 bits per heavy atom. The summed E-state index contributed by atoms with van der Waals surface area (Å²) in [6.07, 6.45) is -0.0948. The topological polar surface area (TPSA) is 58.6 Å². The molecule has 0 aliphatic carbocycles. The van der Waals surface area contributed by atoms with Crippen molar-refractivity contribution >= 4 is 40.1 Å². The van der Waals surface area contributed by atoms with E-state index in [0.29, 0.717) is 18.8 Å². The lowest BCUT2D eigenvalue weighted by Crippen LogP contribution is -2.51. The predicted octanol–water partition coefficient (Wildman–Crippen LogP) is 1.87. The summed E-state index contributed by atoms with van der Waals surface area (Å²) < 4.78 is 6.62. The average molecular weight is 388 g/mol. The van der Waals surface area contributed by atoms with E-state index in [4.69, 9.17) is 4.74 Å². The van der Waals surface area contributed by atoms with Crippen molar-refractivity contribution in [2.75, 3.05) is 18.4 Å². The third-order valence-corrected chi connectivity index (χ3v) is 3.72. The van der Waals surface area contributed by atoms with Crippen molar-refractivity contribution in [3.8, 4) is 0 Å². The molecule has 1 N–H and O–H groups in total.